The molecule has 4 aromatic rings. The summed E-state index contributed by atoms with van der Waals surface area (Å²) in [5.41, 5.74) is 4.42. The Bertz CT molecular complexity index is 1560. The second-order valence-corrected chi connectivity index (χ2v) is 11.8. The fourth-order valence-corrected chi connectivity index (χ4v) is 5.89. The summed E-state index contributed by atoms with van der Waals surface area (Å²) >= 11 is 6.70. The highest BCUT2D eigenvalue weighted by Crippen LogP contribution is 2.34. The summed E-state index contributed by atoms with van der Waals surface area (Å²) in [6.07, 6.45) is 5.19. The number of hydrogen-bond donors (Lipinski definition) is 1. The zero-order valence-corrected chi connectivity index (χ0v) is 25.4. The van der Waals surface area contributed by atoms with Crippen molar-refractivity contribution >= 4 is 40.0 Å². The molecule has 3 aromatic carbocycles. The number of pyridine rings is 1. The number of nitrogens with one attached hydrogen (secondary N) is 1. The minimum atomic E-state index is -0.944. The average Bonchev–Trinajstić information content (AvgIpc) is 2.99. The van der Waals surface area contributed by atoms with E-state index in [2.05, 4.69) is 24.1 Å². The van der Waals surface area contributed by atoms with Crippen LogP contribution in [0.4, 0.5) is 5.69 Å². The topological polar surface area (TPSA) is 71.5 Å². The van der Waals surface area contributed by atoms with E-state index in [1.54, 1.807) is 18.1 Å². The maximum Gasteiger partial charge on any atom is 0.262 e. The van der Waals surface area contributed by atoms with Crippen molar-refractivity contribution in [2.45, 2.75) is 70.9 Å². The molecule has 1 saturated carbocycles. The number of nitrogens with zero attached hydrogens (tertiary/aromatic N) is 2. The quantitative estimate of drug-likeness (QED) is 0.212. The van der Waals surface area contributed by atoms with Crippen molar-refractivity contribution in [1.82, 2.24) is 10.3 Å². The molecule has 5 rings (SSSR count). The van der Waals surface area contributed by atoms with Crippen molar-refractivity contribution in [3.8, 4) is 5.75 Å². The molecule has 0 bridgehead atoms. The minimum Gasteiger partial charge on any atom is -0.497 e. The molecular formula is C35H38ClN3O3. The molecule has 0 radical (unpaired) electrons. The van der Waals surface area contributed by atoms with Gasteiger partial charge in [0.2, 0.25) is 5.91 Å². The number of hydrogen-bond acceptors (Lipinski definition) is 4. The van der Waals surface area contributed by atoms with E-state index in [0.717, 1.165) is 42.2 Å². The molecule has 0 spiro atoms. The Morgan fingerprint density at radius 1 is 0.929 bits per heavy atom. The highest BCUT2D eigenvalue weighted by atomic mass is 35.5. The van der Waals surface area contributed by atoms with E-state index in [0.29, 0.717) is 28.4 Å². The summed E-state index contributed by atoms with van der Waals surface area (Å²) < 4.78 is 5.39. The van der Waals surface area contributed by atoms with Gasteiger partial charge in [-0.15, -0.1) is 0 Å². The summed E-state index contributed by atoms with van der Waals surface area (Å²) in [6, 6.07) is 21.9. The maximum absolute atomic E-state index is 14.6. The largest absolute Gasteiger partial charge is 0.497 e. The molecule has 42 heavy (non-hydrogen) atoms. The van der Waals surface area contributed by atoms with Crippen LogP contribution in [0.3, 0.4) is 0 Å². The van der Waals surface area contributed by atoms with Crippen LogP contribution < -0.4 is 15.0 Å². The van der Waals surface area contributed by atoms with Crippen molar-refractivity contribution in [2.75, 3.05) is 12.0 Å². The molecule has 0 unspecified atom stereocenters. The molecular weight excluding hydrogens is 546 g/mol. The molecule has 1 aliphatic rings. The van der Waals surface area contributed by atoms with Gasteiger partial charge in [-0.05, 0) is 78.8 Å². The molecule has 1 N–H and O–H groups in total. The van der Waals surface area contributed by atoms with Crippen LogP contribution in [0.1, 0.15) is 85.0 Å². The van der Waals surface area contributed by atoms with Gasteiger partial charge in [0.25, 0.3) is 5.91 Å². The van der Waals surface area contributed by atoms with E-state index in [4.69, 9.17) is 16.3 Å². The van der Waals surface area contributed by atoms with Crippen molar-refractivity contribution in [3.05, 3.63) is 100 Å². The number of amides is 2. The lowest BCUT2D eigenvalue weighted by molar-refractivity contribution is -0.123. The highest BCUT2D eigenvalue weighted by molar-refractivity contribution is 6.34. The van der Waals surface area contributed by atoms with Crippen LogP contribution in [0.15, 0.2) is 72.8 Å². The molecule has 218 valence electrons. The van der Waals surface area contributed by atoms with E-state index in [1.165, 1.54) is 6.42 Å². The van der Waals surface area contributed by atoms with E-state index in [9.17, 15) is 9.59 Å². The molecule has 2 amide bonds. The van der Waals surface area contributed by atoms with Crippen LogP contribution in [0.5, 0.6) is 5.75 Å². The van der Waals surface area contributed by atoms with Crippen molar-refractivity contribution in [2.24, 2.45) is 0 Å². The second-order valence-electron chi connectivity index (χ2n) is 11.5. The van der Waals surface area contributed by atoms with Gasteiger partial charge in [-0.1, -0.05) is 81.1 Å². The van der Waals surface area contributed by atoms with Crippen LogP contribution in [-0.2, 0) is 4.79 Å². The molecule has 0 aliphatic heterocycles. The van der Waals surface area contributed by atoms with E-state index in [-0.39, 0.29) is 22.7 Å². The van der Waals surface area contributed by atoms with Crippen molar-refractivity contribution < 1.29 is 14.3 Å². The van der Waals surface area contributed by atoms with Gasteiger partial charge in [-0.25, -0.2) is 4.98 Å². The first-order valence-electron chi connectivity index (χ1n) is 14.7. The van der Waals surface area contributed by atoms with E-state index >= 15 is 0 Å². The SMILES string of the molecule is COc1ccc([C@@H](C(=O)NC2CCCCC2)N(C(=O)c2cc3ccc(C)cc3nc2Cl)c2ccc(C(C)C)cc2)cc1. The van der Waals surface area contributed by atoms with Crippen molar-refractivity contribution in [3.63, 3.8) is 0 Å². The normalized spacial score (nSPS) is 14.5. The third kappa shape index (κ3) is 6.44. The van der Waals surface area contributed by atoms with Crippen LogP contribution >= 0.6 is 11.6 Å². The Morgan fingerprint density at radius 2 is 1.60 bits per heavy atom. The summed E-state index contributed by atoms with van der Waals surface area (Å²) in [5, 5.41) is 4.17. The van der Waals surface area contributed by atoms with Gasteiger partial charge in [-0.2, -0.15) is 0 Å². The van der Waals surface area contributed by atoms with Crippen LogP contribution in [0.2, 0.25) is 5.15 Å². The van der Waals surface area contributed by atoms with Gasteiger partial charge in [0.15, 0.2) is 0 Å². The molecule has 1 heterocycles. The number of anilines is 1. The number of rotatable bonds is 8. The highest BCUT2D eigenvalue weighted by Gasteiger charge is 2.36. The number of carbonyl (C=O) groups is 2. The summed E-state index contributed by atoms with van der Waals surface area (Å²) in [4.78, 5) is 35.0. The van der Waals surface area contributed by atoms with Crippen molar-refractivity contribution in [1.29, 1.82) is 0 Å². The van der Waals surface area contributed by atoms with Crippen LogP contribution in [0.25, 0.3) is 10.9 Å². The minimum absolute atomic E-state index is 0.0708. The lowest BCUT2D eigenvalue weighted by Gasteiger charge is -2.34. The van der Waals surface area contributed by atoms with Gasteiger partial charge < -0.3 is 10.1 Å². The van der Waals surface area contributed by atoms with Gasteiger partial charge >= 0.3 is 0 Å². The zero-order valence-electron chi connectivity index (χ0n) is 24.7. The zero-order chi connectivity index (χ0) is 29.8. The van der Waals surface area contributed by atoms with Gasteiger partial charge in [0, 0.05) is 17.1 Å². The van der Waals surface area contributed by atoms with E-state index < -0.39 is 11.9 Å². The fourth-order valence-electron chi connectivity index (χ4n) is 5.67. The number of benzene rings is 3. The first-order chi connectivity index (χ1) is 20.2. The number of aryl methyl sites for hydroxylation is 1. The Morgan fingerprint density at radius 3 is 2.24 bits per heavy atom. The third-order valence-corrected chi connectivity index (χ3v) is 8.39. The Kier molecular flexibility index (Phi) is 9.12. The number of carbonyl (C=O) groups excluding carboxylic acids is 2. The van der Waals surface area contributed by atoms with E-state index in [1.807, 2.05) is 73.7 Å². The summed E-state index contributed by atoms with van der Waals surface area (Å²) in [5.74, 6) is 0.361. The second kappa shape index (κ2) is 13.0. The first kappa shape index (κ1) is 29.6. The maximum atomic E-state index is 14.6. The molecule has 6 nitrogen and oxygen atoms in total. The fraction of sp³-hybridized carbons (Fsp3) is 0.343. The molecule has 1 fully saturated rings. The van der Waals surface area contributed by atoms with Gasteiger partial charge in [0.1, 0.15) is 16.9 Å². The average molecular weight is 584 g/mol. The number of fused-ring (bicyclic) bond motifs is 1. The molecule has 1 aromatic heterocycles. The lowest BCUT2D eigenvalue weighted by atomic mass is 9.94. The van der Waals surface area contributed by atoms with Gasteiger partial charge in [-0.3, -0.25) is 14.5 Å². The lowest BCUT2D eigenvalue weighted by Crippen LogP contribution is -2.47. The number of aromatic nitrogens is 1. The Labute approximate surface area is 253 Å². The monoisotopic (exact) mass is 583 g/mol. The number of ether oxygens (including phenoxy) is 1. The Hall–Kier alpha value is -3.90. The standard InChI is InChI=1S/C35H38ClN3O3/c1-22(2)24-12-16-28(17-13-24)39(35(41)30-21-26-11-10-23(3)20-31(26)38-33(30)36)32(25-14-18-29(42-4)19-15-25)34(40)37-27-8-6-5-7-9-27/h10-22,27,32H,5-9H2,1-4H3,(H,37,40)/t32-/m0/s1. The number of halogens is 1. The summed E-state index contributed by atoms with van der Waals surface area (Å²) in [7, 11) is 1.60. The smallest absolute Gasteiger partial charge is 0.262 e. The molecule has 1 aliphatic carbocycles. The predicted octanol–water partition coefficient (Wildman–Crippen LogP) is 8.17. The van der Waals surface area contributed by atoms with Crippen LogP contribution in [0, 0.1) is 6.92 Å². The van der Waals surface area contributed by atoms with Gasteiger partial charge in [0.05, 0.1) is 18.2 Å². The summed E-state index contributed by atoms with van der Waals surface area (Å²) in [6.45, 7) is 6.23. The number of methoxy groups -OCH3 is 1. The first-order valence-corrected chi connectivity index (χ1v) is 15.1. The Balaban J connectivity index is 1.65. The van der Waals surface area contributed by atoms with Crippen LogP contribution in [-0.4, -0.2) is 29.9 Å². The molecule has 0 saturated heterocycles. The third-order valence-electron chi connectivity index (χ3n) is 8.10. The molecule has 1 atom stereocenters. The molecule has 7 heteroatoms. The predicted molar refractivity (Wildman–Crippen MR) is 170 cm³/mol.